The summed E-state index contributed by atoms with van der Waals surface area (Å²) >= 11 is 6.19. The maximum atomic E-state index is 12.0. The number of nitrogens with zero attached hydrogens (tertiary/aromatic N) is 3. The first-order chi connectivity index (χ1) is 14.5. The minimum absolute atomic E-state index is 0.0742. The molecule has 7 nitrogen and oxygen atoms in total. The second-order valence-corrected chi connectivity index (χ2v) is 8.29. The van der Waals surface area contributed by atoms with E-state index in [9.17, 15) is 9.59 Å². The van der Waals surface area contributed by atoms with E-state index in [0.29, 0.717) is 34.3 Å². The first kappa shape index (κ1) is 18.8. The summed E-state index contributed by atoms with van der Waals surface area (Å²) in [5.41, 5.74) is 4.91. The summed E-state index contributed by atoms with van der Waals surface area (Å²) in [5.74, 6) is 0.221. The van der Waals surface area contributed by atoms with Crippen LogP contribution in [0, 0.1) is 6.92 Å². The number of hydrogen-bond donors (Lipinski definition) is 2. The van der Waals surface area contributed by atoms with E-state index in [2.05, 4.69) is 22.7 Å². The van der Waals surface area contributed by atoms with Crippen LogP contribution in [0.5, 0.6) is 0 Å². The molecule has 0 radical (unpaired) electrons. The third-order valence-corrected chi connectivity index (χ3v) is 5.62. The number of nitrogens with one attached hydrogen (secondary N) is 2. The van der Waals surface area contributed by atoms with E-state index in [1.54, 1.807) is 16.8 Å². The Kier molecular flexibility index (Phi) is 4.55. The molecule has 1 saturated carbocycles. The van der Waals surface area contributed by atoms with Crippen molar-refractivity contribution in [2.24, 2.45) is 0 Å². The van der Waals surface area contributed by atoms with Crippen LogP contribution in [-0.2, 0) is 16.0 Å². The van der Waals surface area contributed by atoms with Gasteiger partial charge in [-0.05, 0) is 49.1 Å². The molecule has 0 spiro atoms. The predicted octanol–water partition coefficient (Wildman–Crippen LogP) is 3.29. The minimum atomic E-state index is -0.360. The Balaban J connectivity index is 1.59. The summed E-state index contributed by atoms with van der Waals surface area (Å²) in [5, 5.41) is 11.0. The summed E-state index contributed by atoms with van der Waals surface area (Å²) in [6.07, 6.45) is 6.34. The Morgan fingerprint density at radius 2 is 2.13 bits per heavy atom. The van der Waals surface area contributed by atoms with Crippen molar-refractivity contribution in [3.63, 3.8) is 0 Å². The van der Waals surface area contributed by atoms with Crippen LogP contribution < -0.4 is 10.6 Å². The summed E-state index contributed by atoms with van der Waals surface area (Å²) < 4.78 is 1.76. The molecule has 3 heterocycles. The molecule has 3 aromatic rings. The average Bonchev–Trinajstić information content (AvgIpc) is 3.34. The number of hydrogen-bond acceptors (Lipinski definition) is 5. The number of aryl methyl sites for hydroxylation is 1. The molecule has 2 aromatic heterocycles. The molecule has 0 unspecified atom stereocenters. The number of halogens is 1. The maximum Gasteiger partial charge on any atom is 0.254 e. The van der Waals surface area contributed by atoms with Crippen LogP contribution >= 0.6 is 11.6 Å². The number of fused-ring (bicyclic) bond motifs is 1. The van der Waals surface area contributed by atoms with Gasteiger partial charge in [-0.15, -0.1) is 0 Å². The largest absolute Gasteiger partial charge is 0.367 e. The molecule has 152 valence electrons. The SMILES string of the molecule is Cc1ccc(Cl)cc1Cc1cc(NC2CC2)n2ncc(/C=C3\CC(=O)NC3=O)c2n1. The molecule has 5 rings (SSSR count). The molecule has 2 aliphatic rings. The fourth-order valence-corrected chi connectivity index (χ4v) is 3.79. The van der Waals surface area contributed by atoms with Gasteiger partial charge in [-0.3, -0.25) is 14.9 Å². The van der Waals surface area contributed by atoms with E-state index >= 15 is 0 Å². The molecule has 1 saturated heterocycles. The van der Waals surface area contributed by atoms with Crippen molar-refractivity contribution in [3.8, 4) is 0 Å². The third-order valence-electron chi connectivity index (χ3n) is 5.39. The van der Waals surface area contributed by atoms with Gasteiger partial charge in [0.1, 0.15) is 5.82 Å². The highest BCUT2D eigenvalue weighted by molar-refractivity contribution is 6.30. The average molecular weight is 422 g/mol. The number of aromatic nitrogens is 3. The van der Waals surface area contributed by atoms with Gasteiger partial charge < -0.3 is 5.32 Å². The number of anilines is 1. The van der Waals surface area contributed by atoms with E-state index in [4.69, 9.17) is 16.6 Å². The Morgan fingerprint density at radius 3 is 2.87 bits per heavy atom. The second-order valence-electron chi connectivity index (χ2n) is 7.86. The molecule has 1 aliphatic carbocycles. The van der Waals surface area contributed by atoms with Gasteiger partial charge in [-0.2, -0.15) is 9.61 Å². The van der Waals surface area contributed by atoms with Gasteiger partial charge in [0.15, 0.2) is 5.65 Å². The van der Waals surface area contributed by atoms with Crippen LogP contribution in [0.4, 0.5) is 5.82 Å². The number of amides is 2. The summed E-state index contributed by atoms with van der Waals surface area (Å²) in [6.45, 7) is 2.05. The van der Waals surface area contributed by atoms with Crippen molar-refractivity contribution >= 4 is 41.0 Å². The molecule has 30 heavy (non-hydrogen) atoms. The normalized spacial score (nSPS) is 17.7. The zero-order chi connectivity index (χ0) is 20.8. The van der Waals surface area contributed by atoms with Crippen LogP contribution in [0.15, 0.2) is 36.0 Å². The van der Waals surface area contributed by atoms with E-state index in [1.807, 2.05) is 24.3 Å². The lowest BCUT2D eigenvalue weighted by Gasteiger charge is -2.11. The third kappa shape index (κ3) is 3.68. The summed E-state index contributed by atoms with van der Waals surface area (Å²) in [4.78, 5) is 28.3. The Morgan fingerprint density at radius 1 is 1.30 bits per heavy atom. The Bertz CT molecular complexity index is 1230. The number of carbonyl (C=O) groups is 2. The van der Waals surface area contributed by atoms with Gasteiger partial charge in [-0.1, -0.05) is 17.7 Å². The predicted molar refractivity (Wildman–Crippen MR) is 114 cm³/mol. The smallest absolute Gasteiger partial charge is 0.254 e. The lowest BCUT2D eigenvalue weighted by atomic mass is 10.0. The number of carbonyl (C=O) groups excluding carboxylic acids is 2. The highest BCUT2D eigenvalue weighted by Gasteiger charge is 2.25. The van der Waals surface area contributed by atoms with Crippen LogP contribution in [0.25, 0.3) is 11.7 Å². The van der Waals surface area contributed by atoms with Gasteiger partial charge in [0.2, 0.25) is 5.91 Å². The van der Waals surface area contributed by atoms with E-state index < -0.39 is 0 Å². The molecular weight excluding hydrogens is 402 g/mol. The molecule has 2 fully saturated rings. The molecule has 2 N–H and O–H groups in total. The van der Waals surface area contributed by atoms with Crippen molar-refractivity contribution in [2.75, 3.05) is 5.32 Å². The van der Waals surface area contributed by atoms with Gasteiger partial charge in [0.25, 0.3) is 5.91 Å². The van der Waals surface area contributed by atoms with Gasteiger partial charge >= 0.3 is 0 Å². The Hall–Kier alpha value is -3.19. The number of imide groups is 1. The summed E-state index contributed by atoms with van der Waals surface area (Å²) in [6, 6.07) is 8.31. The van der Waals surface area contributed by atoms with Crippen molar-refractivity contribution in [3.05, 3.63) is 63.4 Å². The highest BCUT2D eigenvalue weighted by atomic mass is 35.5. The van der Waals surface area contributed by atoms with E-state index in [-0.39, 0.29) is 18.2 Å². The zero-order valence-corrected chi connectivity index (χ0v) is 17.2. The molecule has 0 bridgehead atoms. The first-order valence-electron chi connectivity index (χ1n) is 9.90. The summed E-state index contributed by atoms with van der Waals surface area (Å²) in [7, 11) is 0. The van der Waals surface area contributed by atoms with Crippen LogP contribution in [-0.4, -0.2) is 32.5 Å². The van der Waals surface area contributed by atoms with Crippen molar-refractivity contribution in [2.45, 2.75) is 38.6 Å². The highest BCUT2D eigenvalue weighted by Crippen LogP contribution is 2.28. The first-order valence-corrected chi connectivity index (χ1v) is 10.3. The van der Waals surface area contributed by atoms with Crippen molar-refractivity contribution in [1.82, 2.24) is 19.9 Å². The number of benzene rings is 1. The lowest BCUT2D eigenvalue weighted by Crippen LogP contribution is -2.19. The monoisotopic (exact) mass is 421 g/mol. The fraction of sp³-hybridized carbons (Fsp3) is 0.273. The fourth-order valence-electron chi connectivity index (χ4n) is 3.60. The molecule has 2 amide bonds. The number of rotatable bonds is 5. The standard InChI is InChI=1S/C22H20ClN5O2/c1-12-2-3-16(23)7-13(12)8-18-10-19(25-17-4-5-17)28-21(26-18)15(11-24-28)6-14-9-20(29)27-22(14)30/h2-3,6-7,10-11,17,25H,4-5,8-9H2,1H3,(H,27,29,30)/b14-6+. The van der Waals surface area contributed by atoms with Gasteiger partial charge in [0.05, 0.1) is 18.3 Å². The van der Waals surface area contributed by atoms with Crippen LogP contribution in [0.3, 0.4) is 0 Å². The molecule has 1 aromatic carbocycles. The molecule has 1 aliphatic heterocycles. The van der Waals surface area contributed by atoms with Crippen molar-refractivity contribution in [1.29, 1.82) is 0 Å². The molecule has 0 atom stereocenters. The molecule has 8 heteroatoms. The van der Waals surface area contributed by atoms with Gasteiger partial charge in [-0.25, -0.2) is 4.98 Å². The second kappa shape index (κ2) is 7.25. The lowest BCUT2D eigenvalue weighted by molar-refractivity contribution is -0.124. The van der Waals surface area contributed by atoms with Crippen LogP contribution in [0.2, 0.25) is 5.02 Å². The minimum Gasteiger partial charge on any atom is -0.367 e. The van der Waals surface area contributed by atoms with Crippen LogP contribution in [0.1, 0.15) is 41.6 Å². The molecular formula is C22H20ClN5O2. The van der Waals surface area contributed by atoms with Crippen molar-refractivity contribution < 1.29 is 9.59 Å². The topological polar surface area (TPSA) is 88.4 Å². The Labute approximate surface area is 178 Å². The quantitative estimate of drug-likeness (QED) is 0.487. The van der Waals surface area contributed by atoms with E-state index in [0.717, 1.165) is 35.5 Å². The maximum absolute atomic E-state index is 12.0. The van der Waals surface area contributed by atoms with E-state index in [1.165, 1.54) is 0 Å². The van der Waals surface area contributed by atoms with Gasteiger partial charge in [0, 0.05) is 34.7 Å². The zero-order valence-electron chi connectivity index (χ0n) is 16.4.